The zero-order valence-electron chi connectivity index (χ0n) is 18.4. The molecule has 1 N–H and O–H groups in total. The second-order valence-electron chi connectivity index (χ2n) is 9.86. The van der Waals surface area contributed by atoms with E-state index >= 15 is 0 Å². The van der Waals surface area contributed by atoms with Crippen LogP contribution in [0.4, 0.5) is 0 Å². The molecule has 0 amide bonds. The largest absolute Gasteiger partial charge is 0.508 e. The van der Waals surface area contributed by atoms with Crippen molar-refractivity contribution >= 4 is 23.5 Å². The van der Waals surface area contributed by atoms with Crippen molar-refractivity contribution in [1.82, 2.24) is 0 Å². The number of thioether (sulfide) groups is 2. The first kappa shape index (κ1) is 22.4. The van der Waals surface area contributed by atoms with Gasteiger partial charge in [-0.2, -0.15) is 23.5 Å². The van der Waals surface area contributed by atoms with Crippen LogP contribution in [0.15, 0.2) is 18.2 Å². The molecule has 2 saturated heterocycles. The molecule has 28 heavy (non-hydrogen) atoms. The average molecular weight is 421 g/mol. The van der Waals surface area contributed by atoms with Crippen LogP contribution in [-0.4, -0.2) is 26.1 Å². The minimum Gasteiger partial charge on any atom is -0.508 e. The van der Waals surface area contributed by atoms with Crippen molar-refractivity contribution in [2.24, 2.45) is 0 Å². The molecule has 0 bridgehead atoms. The maximum Gasteiger partial charge on any atom is 0.119 e. The highest BCUT2D eigenvalue weighted by atomic mass is 32.2. The molecule has 0 aromatic heterocycles. The number of phenolic OH excluding ortho intramolecular Hbond substituents is 1. The summed E-state index contributed by atoms with van der Waals surface area (Å²) in [6.45, 7) is 8.77. The second kappa shape index (κ2) is 10.2. The number of phenols is 1. The molecule has 1 aromatic carbocycles. The van der Waals surface area contributed by atoms with E-state index in [0.717, 1.165) is 33.0 Å². The molecular formula is C25H40OS2. The Morgan fingerprint density at radius 2 is 1.50 bits per heavy atom. The van der Waals surface area contributed by atoms with Gasteiger partial charge in [-0.25, -0.2) is 0 Å². The van der Waals surface area contributed by atoms with Crippen molar-refractivity contribution in [3.05, 3.63) is 29.3 Å². The monoisotopic (exact) mass is 420 g/mol. The molecular weight excluding hydrogens is 380 g/mol. The Hall–Kier alpha value is -0.280. The highest BCUT2D eigenvalue weighted by Gasteiger charge is 2.46. The van der Waals surface area contributed by atoms with Crippen LogP contribution in [0.1, 0.15) is 96.6 Å². The summed E-state index contributed by atoms with van der Waals surface area (Å²) in [5, 5.41) is 14.3. The number of hydrogen-bond donors (Lipinski definition) is 1. The summed E-state index contributed by atoms with van der Waals surface area (Å²) in [4.78, 5) is 0. The topological polar surface area (TPSA) is 20.2 Å². The Bertz CT molecular complexity index is 621. The number of unbranched alkanes of at least 4 members (excludes halogenated alkanes) is 4. The van der Waals surface area contributed by atoms with Gasteiger partial charge in [0, 0.05) is 21.0 Å². The third-order valence-electron chi connectivity index (χ3n) is 6.24. The molecule has 0 radical (unpaired) electrons. The number of aryl methyl sites for hydroxylation is 1. The summed E-state index contributed by atoms with van der Waals surface area (Å²) < 4.78 is 0. The van der Waals surface area contributed by atoms with Crippen LogP contribution in [0.2, 0.25) is 0 Å². The highest BCUT2D eigenvalue weighted by Crippen LogP contribution is 2.55. The van der Waals surface area contributed by atoms with E-state index in [4.69, 9.17) is 0 Å². The molecule has 1 nitrogen and oxygen atoms in total. The van der Waals surface area contributed by atoms with Gasteiger partial charge in [-0.3, -0.25) is 0 Å². The molecule has 0 saturated carbocycles. The molecule has 0 spiro atoms. The van der Waals surface area contributed by atoms with Crippen LogP contribution in [-0.2, 0) is 11.8 Å². The first-order valence-corrected chi connectivity index (χ1v) is 13.4. The maximum atomic E-state index is 10.3. The van der Waals surface area contributed by atoms with E-state index in [2.05, 4.69) is 63.4 Å². The van der Waals surface area contributed by atoms with Crippen molar-refractivity contribution in [3.8, 4) is 5.75 Å². The molecule has 2 heterocycles. The van der Waals surface area contributed by atoms with Crippen LogP contribution >= 0.6 is 23.5 Å². The van der Waals surface area contributed by atoms with Crippen molar-refractivity contribution < 1.29 is 5.11 Å². The van der Waals surface area contributed by atoms with E-state index in [0.29, 0.717) is 5.75 Å². The Kier molecular flexibility index (Phi) is 8.13. The van der Waals surface area contributed by atoms with Gasteiger partial charge in [0.05, 0.1) is 0 Å². The predicted molar refractivity (Wildman–Crippen MR) is 128 cm³/mol. The molecule has 2 aliphatic rings. The molecule has 3 rings (SSSR count). The SMILES string of the molecule is CCCC1SC1CC1SC1CCCCCCCc1ccc(C(C)(C)C)c(O)c1. The van der Waals surface area contributed by atoms with E-state index in [1.807, 2.05) is 6.07 Å². The van der Waals surface area contributed by atoms with E-state index in [9.17, 15) is 5.11 Å². The fraction of sp³-hybridized carbons (Fsp3) is 0.760. The normalized spacial score (nSPS) is 26.4. The first-order valence-electron chi connectivity index (χ1n) is 11.5. The Morgan fingerprint density at radius 3 is 2.14 bits per heavy atom. The van der Waals surface area contributed by atoms with Crippen LogP contribution in [0, 0.1) is 0 Å². The fourth-order valence-corrected chi connectivity index (χ4v) is 7.01. The minimum absolute atomic E-state index is 0.0101. The predicted octanol–water partition coefficient (Wildman–Crippen LogP) is 7.73. The van der Waals surface area contributed by atoms with Gasteiger partial charge in [-0.15, -0.1) is 0 Å². The highest BCUT2D eigenvalue weighted by molar-refractivity contribution is 8.08. The van der Waals surface area contributed by atoms with Crippen LogP contribution < -0.4 is 0 Å². The molecule has 2 aliphatic heterocycles. The Labute approximate surface area is 181 Å². The van der Waals surface area contributed by atoms with Crippen LogP contribution in [0.5, 0.6) is 5.75 Å². The minimum atomic E-state index is 0.0101. The van der Waals surface area contributed by atoms with Gasteiger partial charge in [-0.05, 0) is 54.7 Å². The molecule has 1 aromatic rings. The lowest BCUT2D eigenvalue weighted by molar-refractivity contribution is 0.445. The fourth-order valence-electron chi connectivity index (χ4n) is 4.37. The number of benzene rings is 1. The smallest absolute Gasteiger partial charge is 0.119 e. The summed E-state index contributed by atoms with van der Waals surface area (Å²) in [7, 11) is 0. The van der Waals surface area contributed by atoms with E-state index in [1.165, 1.54) is 63.4 Å². The summed E-state index contributed by atoms with van der Waals surface area (Å²) in [5.41, 5.74) is 2.34. The van der Waals surface area contributed by atoms with E-state index in [-0.39, 0.29) is 5.41 Å². The zero-order valence-corrected chi connectivity index (χ0v) is 20.0. The second-order valence-corrected chi connectivity index (χ2v) is 12.8. The molecule has 158 valence electrons. The van der Waals surface area contributed by atoms with Gasteiger partial charge in [0.2, 0.25) is 0 Å². The molecule has 4 unspecified atom stereocenters. The van der Waals surface area contributed by atoms with Crippen LogP contribution in [0.25, 0.3) is 0 Å². The lowest BCUT2D eigenvalue weighted by Gasteiger charge is -2.20. The number of rotatable bonds is 12. The maximum absolute atomic E-state index is 10.3. The standard InChI is InChI=1S/C25H40OS2/c1-5-11-21-23(27-21)17-24-22(28-24)13-10-8-6-7-9-12-18-14-15-19(20(26)16-18)25(2,3)4/h14-16,21-24,26H,5-13,17H2,1-4H3. The van der Waals surface area contributed by atoms with Crippen molar-refractivity contribution in [1.29, 1.82) is 0 Å². The first-order chi connectivity index (χ1) is 13.4. The van der Waals surface area contributed by atoms with Gasteiger partial charge in [0.1, 0.15) is 5.75 Å². The van der Waals surface area contributed by atoms with Gasteiger partial charge in [0.15, 0.2) is 0 Å². The number of hydrogen-bond acceptors (Lipinski definition) is 3. The van der Waals surface area contributed by atoms with Crippen molar-refractivity contribution in [3.63, 3.8) is 0 Å². The van der Waals surface area contributed by atoms with Crippen LogP contribution in [0.3, 0.4) is 0 Å². The van der Waals surface area contributed by atoms with Gasteiger partial charge >= 0.3 is 0 Å². The van der Waals surface area contributed by atoms with Crippen molar-refractivity contribution in [2.75, 3.05) is 0 Å². The lowest BCUT2D eigenvalue weighted by Crippen LogP contribution is -2.11. The third kappa shape index (κ3) is 6.90. The Balaban J connectivity index is 1.20. The summed E-state index contributed by atoms with van der Waals surface area (Å²) in [6, 6.07) is 6.29. The lowest BCUT2D eigenvalue weighted by atomic mass is 9.85. The number of aromatic hydroxyl groups is 1. The third-order valence-corrected chi connectivity index (χ3v) is 9.18. The van der Waals surface area contributed by atoms with Gasteiger partial charge in [0.25, 0.3) is 0 Å². The Morgan fingerprint density at radius 1 is 0.857 bits per heavy atom. The molecule has 0 aliphatic carbocycles. The quantitative estimate of drug-likeness (QED) is 0.276. The molecule has 4 atom stereocenters. The van der Waals surface area contributed by atoms with Gasteiger partial charge < -0.3 is 5.11 Å². The average Bonchev–Trinajstić information content (AvgIpc) is 3.53. The summed E-state index contributed by atoms with van der Waals surface area (Å²) >= 11 is 4.50. The van der Waals surface area contributed by atoms with E-state index in [1.54, 1.807) is 0 Å². The van der Waals surface area contributed by atoms with Crippen molar-refractivity contribution in [2.45, 2.75) is 118 Å². The zero-order chi connectivity index (χ0) is 20.1. The van der Waals surface area contributed by atoms with E-state index < -0.39 is 0 Å². The molecule has 3 heteroatoms. The molecule has 2 fully saturated rings. The summed E-state index contributed by atoms with van der Waals surface area (Å²) in [5.74, 6) is 0.465. The summed E-state index contributed by atoms with van der Waals surface area (Å²) in [6.07, 6.45) is 13.6. The van der Waals surface area contributed by atoms with Gasteiger partial charge in [-0.1, -0.05) is 71.9 Å².